The standard InChI is InChI=1S/C22H24FN3O3/c23-15-5-6-18-19(13-15)29-24-20(18)14-7-9-25(10-8-14)11-12-26-21(27)16-3-1-2-4-17(16)22(26)28/h3,5-6,13-14,17H,1-2,4,7-12H2. The molecule has 3 heterocycles. The van der Waals surface area contributed by atoms with Crippen molar-refractivity contribution in [2.75, 3.05) is 26.2 Å². The molecule has 1 aliphatic carbocycles. The predicted molar refractivity (Wildman–Crippen MR) is 105 cm³/mol. The van der Waals surface area contributed by atoms with Gasteiger partial charge in [-0.05, 0) is 57.3 Å². The number of likely N-dealkylation sites (tertiary alicyclic amines) is 2. The summed E-state index contributed by atoms with van der Waals surface area (Å²) < 4.78 is 18.7. The predicted octanol–water partition coefficient (Wildman–Crippen LogP) is 3.24. The van der Waals surface area contributed by atoms with Crippen molar-refractivity contribution < 1.29 is 18.5 Å². The molecular formula is C22H24FN3O3. The number of nitrogens with zero attached hydrogens (tertiary/aromatic N) is 3. The lowest BCUT2D eigenvalue weighted by Gasteiger charge is -2.32. The molecular weight excluding hydrogens is 373 g/mol. The molecule has 29 heavy (non-hydrogen) atoms. The van der Waals surface area contributed by atoms with Crippen LogP contribution in [0.5, 0.6) is 0 Å². The topological polar surface area (TPSA) is 66.7 Å². The normalized spacial score (nSPS) is 23.7. The first kappa shape index (κ1) is 18.5. The summed E-state index contributed by atoms with van der Waals surface area (Å²) in [6.07, 6.45) is 6.48. The maximum atomic E-state index is 13.4. The third kappa shape index (κ3) is 3.27. The Kier molecular flexibility index (Phi) is 4.70. The summed E-state index contributed by atoms with van der Waals surface area (Å²) in [5.74, 6) is -0.349. The minimum Gasteiger partial charge on any atom is -0.356 e. The Morgan fingerprint density at radius 3 is 2.76 bits per heavy atom. The van der Waals surface area contributed by atoms with Crippen LogP contribution in [-0.2, 0) is 9.59 Å². The second-order valence-corrected chi connectivity index (χ2v) is 8.26. The highest BCUT2D eigenvalue weighted by molar-refractivity contribution is 6.15. The molecule has 0 N–H and O–H groups in total. The second-order valence-electron chi connectivity index (χ2n) is 8.26. The summed E-state index contributed by atoms with van der Waals surface area (Å²) in [4.78, 5) is 28.9. The van der Waals surface area contributed by atoms with Crippen LogP contribution in [0.1, 0.15) is 43.7 Å². The first-order valence-electron chi connectivity index (χ1n) is 10.4. The number of rotatable bonds is 4. The fraction of sp³-hybridized carbons (Fsp3) is 0.500. The summed E-state index contributed by atoms with van der Waals surface area (Å²) in [7, 11) is 0. The van der Waals surface area contributed by atoms with Gasteiger partial charge in [0.05, 0.1) is 11.6 Å². The summed E-state index contributed by atoms with van der Waals surface area (Å²) in [5, 5.41) is 5.07. The van der Waals surface area contributed by atoms with Gasteiger partial charge in [-0.1, -0.05) is 11.2 Å². The van der Waals surface area contributed by atoms with Crippen molar-refractivity contribution in [1.82, 2.24) is 15.0 Å². The summed E-state index contributed by atoms with van der Waals surface area (Å²) in [6.45, 7) is 2.92. The molecule has 6 nitrogen and oxygen atoms in total. The molecule has 0 radical (unpaired) electrons. The Labute approximate surface area is 168 Å². The highest BCUT2D eigenvalue weighted by Gasteiger charge is 2.43. The Morgan fingerprint density at radius 2 is 1.97 bits per heavy atom. The van der Waals surface area contributed by atoms with Crippen LogP contribution in [0.3, 0.4) is 0 Å². The van der Waals surface area contributed by atoms with E-state index in [1.54, 1.807) is 6.07 Å². The van der Waals surface area contributed by atoms with Crippen LogP contribution in [0.4, 0.5) is 4.39 Å². The average molecular weight is 397 g/mol. The van der Waals surface area contributed by atoms with E-state index < -0.39 is 0 Å². The van der Waals surface area contributed by atoms with Crippen LogP contribution in [0.2, 0.25) is 0 Å². The molecule has 1 aromatic carbocycles. The van der Waals surface area contributed by atoms with Gasteiger partial charge >= 0.3 is 0 Å². The van der Waals surface area contributed by atoms with Crippen molar-refractivity contribution in [2.45, 2.75) is 38.0 Å². The van der Waals surface area contributed by atoms with E-state index in [1.807, 2.05) is 6.08 Å². The average Bonchev–Trinajstić information content (AvgIpc) is 3.26. The molecule has 2 amide bonds. The van der Waals surface area contributed by atoms with E-state index in [0.717, 1.165) is 56.3 Å². The zero-order valence-electron chi connectivity index (χ0n) is 16.3. The van der Waals surface area contributed by atoms with Gasteiger partial charge in [0, 0.05) is 36.0 Å². The number of hydrogen-bond acceptors (Lipinski definition) is 5. The molecule has 1 unspecified atom stereocenters. The number of piperidine rings is 1. The van der Waals surface area contributed by atoms with E-state index >= 15 is 0 Å². The van der Waals surface area contributed by atoms with Crippen LogP contribution in [-0.4, -0.2) is 52.9 Å². The monoisotopic (exact) mass is 397 g/mol. The summed E-state index contributed by atoms with van der Waals surface area (Å²) in [6, 6.07) is 4.55. The maximum absolute atomic E-state index is 13.4. The number of halogens is 1. The number of fused-ring (bicyclic) bond motifs is 2. The van der Waals surface area contributed by atoms with Crippen LogP contribution < -0.4 is 0 Å². The number of aromatic nitrogens is 1. The maximum Gasteiger partial charge on any atom is 0.256 e. The van der Waals surface area contributed by atoms with Gasteiger partial charge in [0.15, 0.2) is 5.58 Å². The van der Waals surface area contributed by atoms with Crippen molar-refractivity contribution in [3.8, 4) is 0 Å². The molecule has 2 fully saturated rings. The van der Waals surface area contributed by atoms with Crippen LogP contribution in [0.15, 0.2) is 34.4 Å². The zero-order valence-corrected chi connectivity index (χ0v) is 16.3. The molecule has 0 spiro atoms. The van der Waals surface area contributed by atoms with Gasteiger partial charge in [-0.15, -0.1) is 0 Å². The lowest BCUT2D eigenvalue weighted by molar-refractivity contribution is -0.139. The van der Waals surface area contributed by atoms with E-state index in [9.17, 15) is 14.0 Å². The third-order valence-corrected chi connectivity index (χ3v) is 6.57. The fourth-order valence-corrected chi connectivity index (χ4v) is 4.92. The number of carbonyl (C=O) groups excluding carboxylic acids is 2. The van der Waals surface area contributed by atoms with E-state index in [1.165, 1.54) is 17.0 Å². The van der Waals surface area contributed by atoms with Crippen molar-refractivity contribution in [3.05, 3.63) is 41.4 Å². The summed E-state index contributed by atoms with van der Waals surface area (Å²) in [5.41, 5.74) is 2.11. The van der Waals surface area contributed by atoms with Crippen LogP contribution >= 0.6 is 0 Å². The quantitative estimate of drug-likeness (QED) is 0.741. The van der Waals surface area contributed by atoms with Gasteiger partial charge in [-0.3, -0.25) is 14.5 Å². The van der Waals surface area contributed by atoms with Gasteiger partial charge in [0.1, 0.15) is 5.82 Å². The molecule has 5 rings (SSSR count). The van der Waals surface area contributed by atoms with Gasteiger partial charge in [0.2, 0.25) is 5.91 Å². The molecule has 2 saturated heterocycles. The van der Waals surface area contributed by atoms with Gasteiger partial charge < -0.3 is 9.42 Å². The summed E-state index contributed by atoms with van der Waals surface area (Å²) >= 11 is 0. The van der Waals surface area contributed by atoms with E-state index in [2.05, 4.69) is 10.1 Å². The zero-order chi connectivity index (χ0) is 20.0. The van der Waals surface area contributed by atoms with E-state index in [4.69, 9.17) is 4.52 Å². The Balaban J connectivity index is 1.18. The molecule has 2 aromatic rings. The lowest BCUT2D eigenvalue weighted by Crippen LogP contribution is -2.41. The molecule has 2 aliphatic heterocycles. The number of carbonyl (C=O) groups is 2. The highest BCUT2D eigenvalue weighted by atomic mass is 19.1. The first-order valence-corrected chi connectivity index (χ1v) is 10.4. The lowest BCUT2D eigenvalue weighted by atomic mass is 9.90. The molecule has 7 heteroatoms. The molecule has 152 valence electrons. The third-order valence-electron chi connectivity index (χ3n) is 6.57. The largest absolute Gasteiger partial charge is 0.356 e. The Morgan fingerprint density at radius 1 is 1.14 bits per heavy atom. The smallest absolute Gasteiger partial charge is 0.256 e. The van der Waals surface area contributed by atoms with Crippen LogP contribution in [0, 0.1) is 11.7 Å². The molecule has 0 saturated carbocycles. The second kappa shape index (κ2) is 7.37. The van der Waals surface area contributed by atoms with E-state index in [-0.39, 0.29) is 29.5 Å². The molecule has 1 atom stereocenters. The number of hydrogen-bond donors (Lipinski definition) is 0. The van der Waals surface area contributed by atoms with Crippen molar-refractivity contribution >= 4 is 22.8 Å². The molecule has 1 aromatic heterocycles. The number of benzene rings is 1. The van der Waals surface area contributed by atoms with Crippen LogP contribution in [0.25, 0.3) is 11.0 Å². The van der Waals surface area contributed by atoms with Crippen molar-refractivity contribution in [2.24, 2.45) is 5.92 Å². The SMILES string of the molecule is O=C1C2=CCCCC2C(=O)N1CCN1CCC(c2noc3cc(F)ccc23)CC1. The Hall–Kier alpha value is -2.54. The van der Waals surface area contributed by atoms with Gasteiger partial charge in [-0.25, -0.2) is 4.39 Å². The highest BCUT2D eigenvalue weighted by Crippen LogP contribution is 2.35. The minimum atomic E-state index is -0.323. The minimum absolute atomic E-state index is 0.0165. The number of amides is 2. The van der Waals surface area contributed by atoms with Crippen molar-refractivity contribution in [1.29, 1.82) is 0 Å². The molecule has 0 bridgehead atoms. The molecule has 3 aliphatic rings. The van der Waals surface area contributed by atoms with Gasteiger partial charge in [-0.2, -0.15) is 0 Å². The Bertz CT molecular complexity index is 990. The number of imide groups is 1. The number of allylic oxidation sites excluding steroid dienone is 1. The van der Waals surface area contributed by atoms with Crippen molar-refractivity contribution in [3.63, 3.8) is 0 Å². The van der Waals surface area contributed by atoms with E-state index in [0.29, 0.717) is 24.2 Å². The van der Waals surface area contributed by atoms with Gasteiger partial charge in [0.25, 0.3) is 5.91 Å². The fourth-order valence-electron chi connectivity index (χ4n) is 4.92. The first-order chi connectivity index (χ1) is 14.1.